The summed E-state index contributed by atoms with van der Waals surface area (Å²) in [6, 6.07) is 25.0. The quantitative estimate of drug-likeness (QED) is 0.0823. The van der Waals surface area contributed by atoms with Crippen LogP contribution in [-0.4, -0.2) is 19.9 Å². The maximum absolute atomic E-state index is 6.10. The van der Waals surface area contributed by atoms with Crippen LogP contribution in [0, 0.1) is 6.92 Å². The van der Waals surface area contributed by atoms with E-state index in [2.05, 4.69) is 106 Å². The Bertz CT molecular complexity index is 3020. The SMILES string of the molecule is C.C=C(N)C1CCCCc2c1[nH]c1ccc(Cl)cc21.C=C(N)C1CCCc2c1[nH]c1ccc(Br)cc21.C=C(N)C1CCCc2c1[nH]c1ccc(C)cc21.C=C(N)C1CCCc2c1[nH]c1ccc(Cl)cc21. The Morgan fingerprint density at radius 2 is 0.771 bits per heavy atom. The Morgan fingerprint density at radius 3 is 1.16 bits per heavy atom. The lowest BCUT2D eigenvalue weighted by molar-refractivity contribution is 0.597. The van der Waals surface area contributed by atoms with Crippen LogP contribution in [0.2, 0.25) is 10.0 Å². The zero-order chi connectivity index (χ0) is 48.7. The normalized spacial score (nSPS) is 19.0. The smallest absolute Gasteiger partial charge is 0.0460 e. The second kappa shape index (κ2) is 21.3. The molecule has 8 aromatic rings. The third-order valence-corrected chi connectivity index (χ3v) is 15.9. The summed E-state index contributed by atoms with van der Waals surface area (Å²) in [7, 11) is 0. The molecule has 4 aromatic carbocycles. The zero-order valence-electron chi connectivity index (χ0n) is 39.7. The number of rotatable bonds is 4. The van der Waals surface area contributed by atoms with Gasteiger partial charge < -0.3 is 42.9 Å². The van der Waals surface area contributed by atoms with Crippen LogP contribution in [-0.2, 0) is 25.7 Å². The highest BCUT2D eigenvalue weighted by molar-refractivity contribution is 9.10. The maximum Gasteiger partial charge on any atom is 0.0460 e. The predicted molar refractivity (Wildman–Crippen MR) is 303 cm³/mol. The molecule has 0 saturated carbocycles. The van der Waals surface area contributed by atoms with Gasteiger partial charge in [-0.2, -0.15) is 0 Å². The minimum absolute atomic E-state index is 0. The summed E-state index contributed by atoms with van der Waals surface area (Å²) in [5, 5.41) is 6.74. The number of aryl methyl sites for hydroxylation is 5. The van der Waals surface area contributed by atoms with Gasteiger partial charge in [-0.1, -0.05) is 90.9 Å². The van der Waals surface area contributed by atoms with E-state index in [1.54, 1.807) is 0 Å². The molecule has 4 aromatic heterocycles. The van der Waals surface area contributed by atoms with Gasteiger partial charge in [-0.3, -0.25) is 0 Å². The van der Waals surface area contributed by atoms with Crippen LogP contribution in [0.4, 0.5) is 0 Å². The molecule has 0 amide bonds. The number of nitrogens with two attached hydrogens (primary N) is 4. The lowest BCUT2D eigenvalue weighted by Crippen LogP contribution is -2.15. The number of hydrogen-bond donors (Lipinski definition) is 8. The number of H-pyrrole nitrogens is 4. The molecule has 0 radical (unpaired) electrons. The molecular weight excluding hydrogens is 972 g/mol. The third kappa shape index (κ3) is 10.2. The molecule has 366 valence electrons. The van der Waals surface area contributed by atoms with Crippen LogP contribution in [0.1, 0.15) is 139 Å². The van der Waals surface area contributed by atoms with Gasteiger partial charge in [-0.05, 0) is 173 Å². The third-order valence-electron chi connectivity index (χ3n) is 14.9. The minimum Gasteiger partial charge on any atom is -0.402 e. The summed E-state index contributed by atoms with van der Waals surface area (Å²) in [6.07, 6.45) is 14.8. The summed E-state index contributed by atoms with van der Waals surface area (Å²) in [6.45, 7) is 17.8. The lowest BCUT2D eigenvalue weighted by atomic mass is 9.85. The first-order valence-electron chi connectivity index (χ1n) is 24.4. The van der Waals surface area contributed by atoms with E-state index in [4.69, 9.17) is 46.1 Å². The molecule has 4 heterocycles. The highest BCUT2D eigenvalue weighted by atomic mass is 79.9. The van der Waals surface area contributed by atoms with E-state index >= 15 is 0 Å². The van der Waals surface area contributed by atoms with Crippen LogP contribution < -0.4 is 22.9 Å². The van der Waals surface area contributed by atoms with Crippen molar-refractivity contribution >= 4 is 82.7 Å². The summed E-state index contributed by atoms with van der Waals surface area (Å²) in [4.78, 5) is 14.0. The second-order valence-corrected chi connectivity index (χ2v) is 21.4. The van der Waals surface area contributed by atoms with Crippen LogP contribution in [0.25, 0.3) is 43.6 Å². The lowest BCUT2D eigenvalue weighted by Gasteiger charge is -2.22. The Balaban J connectivity index is 0.000000125. The van der Waals surface area contributed by atoms with E-state index in [-0.39, 0.29) is 19.3 Å². The first-order valence-corrected chi connectivity index (χ1v) is 26.0. The van der Waals surface area contributed by atoms with E-state index < -0.39 is 0 Å². The van der Waals surface area contributed by atoms with E-state index in [0.717, 1.165) is 106 Å². The van der Waals surface area contributed by atoms with Gasteiger partial charge in [0.25, 0.3) is 0 Å². The van der Waals surface area contributed by atoms with Gasteiger partial charge in [-0.25, -0.2) is 0 Å². The largest absolute Gasteiger partial charge is 0.402 e. The van der Waals surface area contributed by atoms with Gasteiger partial charge in [0.2, 0.25) is 0 Å². The molecule has 0 fully saturated rings. The number of aromatic amines is 4. The number of fused-ring (bicyclic) bond motifs is 12. The average molecular weight is 1040 g/mol. The summed E-state index contributed by atoms with van der Waals surface area (Å²) >= 11 is 15.7. The van der Waals surface area contributed by atoms with Gasteiger partial charge in [0.15, 0.2) is 0 Å². The van der Waals surface area contributed by atoms with E-state index in [0.29, 0.717) is 11.8 Å². The highest BCUT2D eigenvalue weighted by Crippen LogP contribution is 2.42. The number of halogens is 3. The summed E-state index contributed by atoms with van der Waals surface area (Å²) in [5.41, 5.74) is 43.5. The average Bonchev–Trinajstić information content (AvgIpc) is 4.05. The minimum atomic E-state index is 0. The number of nitrogens with one attached hydrogen (secondary N) is 4. The van der Waals surface area contributed by atoms with Crippen molar-refractivity contribution in [2.45, 2.75) is 121 Å². The predicted octanol–water partition coefficient (Wildman–Crippen LogP) is 15.6. The van der Waals surface area contributed by atoms with Gasteiger partial charge in [0.05, 0.1) is 0 Å². The van der Waals surface area contributed by atoms with Gasteiger partial charge >= 0.3 is 0 Å². The molecule has 70 heavy (non-hydrogen) atoms. The van der Waals surface area contributed by atoms with Crippen molar-refractivity contribution in [2.75, 3.05) is 0 Å². The second-order valence-electron chi connectivity index (χ2n) is 19.6. The highest BCUT2D eigenvalue weighted by Gasteiger charge is 2.28. The first kappa shape index (κ1) is 50.6. The van der Waals surface area contributed by atoms with Gasteiger partial charge in [-0.15, -0.1) is 0 Å². The molecule has 12 rings (SSSR count). The van der Waals surface area contributed by atoms with E-state index in [9.17, 15) is 0 Å². The Hall–Kier alpha value is -5.74. The van der Waals surface area contributed by atoms with E-state index in [1.807, 2.05) is 36.4 Å². The fourth-order valence-corrected chi connectivity index (χ4v) is 12.2. The summed E-state index contributed by atoms with van der Waals surface area (Å²) in [5.74, 6) is 1.13. The molecule has 0 saturated heterocycles. The van der Waals surface area contributed by atoms with Crippen molar-refractivity contribution in [2.24, 2.45) is 22.9 Å². The molecule has 11 heteroatoms. The van der Waals surface area contributed by atoms with E-state index in [1.165, 1.54) is 109 Å². The van der Waals surface area contributed by atoms with Crippen molar-refractivity contribution in [1.29, 1.82) is 0 Å². The topological polar surface area (TPSA) is 167 Å². The molecular formula is C59H69BrCl2N8. The molecule has 0 spiro atoms. The zero-order valence-corrected chi connectivity index (χ0v) is 42.8. The standard InChI is InChI=1S/C15H17ClN2.C15H18N2.C14H15BrN2.C14H15ClN2.CH4/c1-9(17)11-4-2-3-5-12-13-8-10(16)6-7-14(13)18-15(11)12;1-9-6-7-14-13(8-9)12-5-3-4-11(10(2)16)15(12)17-14;2*1-8(16)10-3-2-4-11-12-7-9(15)5-6-13(12)17-14(10)11;/h6-8,11,18H,1-5,17H2;6-8,11,17H,2-5,16H2,1H3;2*5-7,10,17H,1-4,16H2;1H4. The Labute approximate surface area is 431 Å². The molecule has 12 N–H and O–H groups in total. The number of aromatic nitrogens is 4. The molecule has 4 aliphatic rings. The van der Waals surface area contributed by atoms with Crippen LogP contribution in [0.15, 0.2) is 126 Å². The van der Waals surface area contributed by atoms with Crippen LogP contribution in [0.5, 0.6) is 0 Å². The first-order chi connectivity index (χ1) is 33.2. The van der Waals surface area contributed by atoms with Crippen LogP contribution >= 0.6 is 39.1 Å². The van der Waals surface area contributed by atoms with Crippen molar-refractivity contribution in [1.82, 2.24) is 19.9 Å². The summed E-state index contributed by atoms with van der Waals surface area (Å²) < 4.78 is 1.13. The monoisotopic (exact) mass is 1040 g/mol. The fourth-order valence-electron chi connectivity index (χ4n) is 11.5. The molecule has 0 aliphatic heterocycles. The molecule has 0 bridgehead atoms. The van der Waals surface area contributed by atoms with Crippen molar-refractivity contribution in [3.05, 3.63) is 187 Å². The van der Waals surface area contributed by atoms with Crippen molar-refractivity contribution in [3.63, 3.8) is 0 Å². The molecule has 4 aliphatic carbocycles. The Kier molecular flexibility index (Phi) is 15.4. The van der Waals surface area contributed by atoms with Crippen molar-refractivity contribution < 1.29 is 0 Å². The number of benzene rings is 4. The van der Waals surface area contributed by atoms with Gasteiger partial charge in [0.1, 0.15) is 0 Å². The number of allylic oxidation sites excluding steroid dienone is 4. The number of hydrogen-bond acceptors (Lipinski definition) is 4. The maximum atomic E-state index is 6.10. The van der Waals surface area contributed by atoms with Crippen molar-refractivity contribution in [3.8, 4) is 0 Å². The fraction of sp³-hybridized carbons (Fsp3) is 0.322. The molecule has 4 atom stereocenters. The molecule has 8 nitrogen and oxygen atoms in total. The van der Waals surface area contributed by atoms with Gasteiger partial charge in [0, 0.05) is 127 Å². The molecule has 4 unspecified atom stereocenters. The Morgan fingerprint density at radius 1 is 0.457 bits per heavy atom. The van der Waals surface area contributed by atoms with Crippen LogP contribution in [0.3, 0.4) is 0 Å².